The van der Waals surface area contributed by atoms with Crippen LogP contribution in [0.1, 0.15) is 43.7 Å². The summed E-state index contributed by atoms with van der Waals surface area (Å²) in [5.41, 5.74) is 7.68. The first-order valence-electron chi connectivity index (χ1n) is 6.14. The zero-order chi connectivity index (χ0) is 14.1. The summed E-state index contributed by atoms with van der Waals surface area (Å²) in [6.07, 6.45) is 1.55. The molecule has 0 aromatic carbocycles. The van der Waals surface area contributed by atoms with Crippen LogP contribution in [0.2, 0.25) is 0 Å². The number of anilines is 1. The predicted molar refractivity (Wildman–Crippen MR) is 74.4 cm³/mol. The second kappa shape index (κ2) is 4.96. The number of nitrogen functional groups attached to an aromatic ring is 1. The summed E-state index contributed by atoms with van der Waals surface area (Å²) in [7, 11) is 1.80. The molecular formula is C14H23N3O. The standard InChI is InChI=1S/C14H23N3O/c1-9-7-12(15)11(8-16-9)13(18)17(6)10(2)14(3,4)5/h7-8,10H,1-6H3,(H2,15,16). The number of carbonyl (C=O) groups excluding carboxylic acids is 1. The Kier molecular flexibility index (Phi) is 3.99. The number of amides is 1. The zero-order valence-corrected chi connectivity index (χ0v) is 12.1. The minimum Gasteiger partial charge on any atom is -0.398 e. The lowest BCUT2D eigenvalue weighted by molar-refractivity contribution is 0.0630. The molecule has 1 atom stereocenters. The Bertz CT molecular complexity index is 449. The number of nitrogens with zero attached hydrogens (tertiary/aromatic N) is 2. The van der Waals surface area contributed by atoms with Crippen molar-refractivity contribution < 1.29 is 4.79 Å². The van der Waals surface area contributed by atoms with Gasteiger partial charge in [-0.3, -0.25) is 9.78 Å². The molecule has 4 nitrogen and oxygen atoms in total. The largest absolute Gasteiger partial charge is 0.398 e. The van der Waals surface area contributed by atoms with E-state index in [-0.39, 0.29) is 17.4 Å². The van der Waals surface area contributed by atoms with Crippen molar-refractivity contribution in [3.63, 3.8) is 0 Å². The highest BCUT2D eigenvalue weighted by Crippen LogP contribution is 2.25. The van der Waals surface area contributed by atoms with E-state index in [0.717, 1.165) is 5.69 Å². The molecule has 1 unspecified atom stereocenters. The molecule has 1 aromatic heterocycles. The van der Waals surface area contributed by atoms with Crippen LogP contribution in [0.25, 0.3) is 0 Å². The van der Waals surface area contributed by atoms with E-state index in [9.17, 15) is 4.79 Å². The summed E-state index contributed by atoms with van der Waals surface area (Å²) in [6.45, 7) is 10.2. The summed E-state index contributed by atoms with van der Waals surface area (Å²) in [6, 6.07) is 1.84. The van der Waals surface area contributed by atoms with Gasteiger partial charge in [0.2, 0.25) is 0 Å². The quantitative estimate of drug-likeness (QED) is 0.876. The van der Waals surface area contributed by atoms with E-state index in [1.807, 2.05) is 13.8 Å². The van der Waals surface area contributed by atoms with Crippen LogP contribution in [0.5, 0.6) is 0 Å². The van der Waals surface area contributed by atoms with Gasteiger partial charge in [0.05, 0.1) is 5.56 Å². The van der Waals surface area contributed by atoms with E-state index < -0.39 is 0 Å². The number of pyridine rings is 1. The molecule has 100 valence electrons. The molecule has 0 radical (unpaired) electrons. The first-order valence-corrected chi connectivity index (χ1v) is 6.14. The van der Waals surface area contributed by atoms with Gasteiger partial charge in [0.1, 0.15) is 0 Å². The molecule has 2 N–H and O–H groups in total. The van der Waals surface area contributed by atoms with E-state index >= 15 is 0 Å². The van der Waals surface area contributed by atoms with Crippen LogP contribution < -0.4 is 5.73 Å². The molecule has 1 aromatic rings. The molecule has 1 amide bonds. The molecule has 0 fully saturated rings. The topological polar surface area (TPSA) is 59.2 Å². The summed E-state index contributed by atoms with van der Waals surface area (Å²) >= 11 is 0. The fourth-order valence-electron chi connectivity index (χ4n) is 1.71. The van der Waals surface area contributed by atoms with Gasteiger partial charge in [0.25, 0.3) is 5.91 Å². The first-order chi connectivity index (χ1) is 8.14. The maximum absolute atomic E-state index is 12.4. The lowest BCUT2D eigenvalue weighted by Gasteiger charge is -2.35. The van der Waals surface area contributed by atoms with E-state index in [0.29, 0.717) is 11.3 Å². The first kappa shape index (κ1) is 14.5. The van der Waals surface area contributed by atoms with E-state index in [4.69, 9.17) is 5.73 Å². The van der Waals surface area contributed by atoms with Crippen molar-refractivity contribution >= 4 is 11.6 Å². The van der Waals surface area contributed by atoms with Gasteiger partial charge in [-0.25, -0.2) is 0 Å². The Hall–Kier alpha value is -1.58. The van der Waals surface area contributed by atoms with Crippen molar-refractivity contribution in [2.24, 2.45) is 5.41 Å². The van der Waals surface area contributed by atoms with Gasteiger partial charge in [-0.2, -0.15) is 0 Å². The third kappa shape index (κ3) is 3.00. The third-order valence-electron chi connectivity index (χ3n) is 3.46. The number of hydrogen-bond acceptors (Lipinski definition) is 3. The number of aromatic nitrogens is 1. The van der Waals surface area contributed by atoms with Gasteiger partial charge in [-0.05, 0) is 25.3 Å². The molecule has 0 aliphatic heterocycles. The number of nitrogens with two attached hydrogens (primary N) is 1. The van der Waals surface area contributed by atoms with E-state index in [2.05, 4.69) is 25.8 Å². The number of rotatable bonds is 2. The van der Waals surface area contributed by atoms with Crippen molar-refractivity contribution in [2.75, 3.05) is 12.8 Å². The Balaban J connectivity index is 3.00. The molecular weight excluding hydrogens is 226 g/mol. The van der Waals surface area contributed by atoms with Crippen molar-refractivity contribution in [3.8, 4) is 0 Å². The molecule has 0 aliphatic rings. The average Bonchev–Trinajstić information content (AvgIpc) is 2.25. The second-order valence-electron chi connectivity index (χ2n) is 5.87. The highest BCUT2D eigenvalue weighted by molar-refractivity contribution is 5.98. The van der Waals surface area contributed by atoms with Gasteiger partial charge < -0.3 is 10.6 Å². The second-order valence-corrected chi connectivity index (χ2v) is 5.87. The molecule has 0 spiro atoms. The highest BCUT2D eigenvalue weighted by Gasteiger charge is 2.28. The van der Waals surface area contributed by atoms with Crippen LogP contribution in [-0.4, -0.2) is 28.9 Å². The normalized spacial score (nSPS) is 13.2. The Morgan fingerprint density at radius 3 is 2.44 bits per heavy atom. The van der Waals surface area contributed by atoms with Crippen molar-refractivity contribution in [2.45, 2.75) is 40.7 Å². The average molecular weight is 249 g/mol. The summed E-state index contributed by atoms with van der Waals surface area (Å²) in [5.74, 6) is -0.0811. The Morgan fingerprint density at radius 2 is 2.00 bits per heavy atom. The van der Waals surface area contributed by atoms with Crippen LogP contribution in [0.15, 0.2) is 12.3 Å². The van der Waals surface area contributed by atoms with Crippen LogP contribution >= 0.6 is 0 Å². The highest BCUT2D eigenvalue weighted by atomic mass is 16.2. The minimum atomic E-state index is -0.0811. The van der Waals surface area contributed by atoms with Crippen molar-refractivity contribution in [1.82, 2.24) is 9.88 Å². The molecule has 1 heterocycles. The van der Waals surface area contributed by atoms with Crippen molar-refractivity contribution in [3.05, 3.63) is 23.5 Å². The third-order valence-corrected chi connectivity index (χ3v) is 3.46. The summed E-state index contributed by atoms with van der Waals surface area (Å²) < 4.78 is 0. The molecule has 0 saturated carbocycles. The van der Waals surface area contributed by atoms with Gasteiger partial charge >= 0.3 is 0 Å². The lowest BCUT2D eigenvalue weighted by Crippen LogP contribution is -2.43. The predicted octanol–water partition coefficient (Wildman–Crippen LogP) is 2.48. The number of hydrogen-bond donors (Lipinski definition) is 1. The van der Waals surface area contributed by atoms with Gasteiger partial charge in [-0.15, -0.1) is 0 Å². The van der Waals surface area contributed by atoms with Gasteiger partial charge in [0, 0.05) is 30.7 Å². The molecule has 0 aliphatic carbocycles. The maximum atomic E-state index is 12.4. The smallest absolute Gasteiger partial charge is 0.257 e. The summed E-state index contributed by atoms with van der Waals surface area (Å²) in [5, 5.41) is 0. The molecule has 4 heteroatoms. The molecule has 18 heavy (non-hydrogen) atoms. The van der Waals surface area contributed by atoms with Crippen LogP contribution in [-0.2, 0) is 0 Å². The van der Waals surface area contributed by atoms with E-state index in [1.165, 1.54) is 0 Å². The molecule has 0 bridgehead atoms. The minimum absolute atomic E-state index is 0.0251. The summed E-state index contributed by atoms with van der Waals surface area (Å²) in [4.78, 5) is 18.2. The SMILES string of the molecule is Cc1cc(N)c(C(=O)N(C)C(C)C(C)(C)C)cn1. The monoisotopic (exact) mass is 249 g/mol. The lowest BCUT2D eigenvalue weighted by atomic mass is 9.87. The van der Waals surface area contributed by atoms with Crippen LogP contribution in [0.3, 0.4) is 0 Å². The fraction of sp³-hybridized carbons (Fsp3) is 0.571. The van der Waals surface area contributed by atoms with E-state index in [1.54, 1.807) is 24.2 Å². The Morgan fingerprint density at radius 1 is 1.44 bits per heavy atom. The number of aryl methyl sites for hydroxylation is 1. The number of carbonyl (C=O) groups is 1. The Labute approximate surface area is 109 Å². The van der Waals surface area contributed by atoms with Crippen LogP contribution in [0.4, 0.5) is 5.69 Å². The molecule has 1 rings (SSSR count). The van der Waals surface area contributed by atoms with Gasteiger partial charge in [-0.1, -0.05) is 20.8 Å². The zero-order valence-electron chi connectivity index (χ0n) is 12.1. The van der Waals surface area contributed by atoms with Crippen LogP contribution in [0, 0.1) is 12.3 Å². The van der Waals surface area contributed by atoms with Crippen molar-refractivity contribution in [1.29, 1.82) is 0 Å². The maximum Gasteiger partial charge on any atom is 0.257 e. The fourth-order valence-corrected chi connectivity index (χ4v) is 1.71. The molecule has 0 saturated heterocycles. The van der Waals surface area contributed by atoms with Gasteiger partial charge in [0.15, 0.2) is 0 Å².